The Balaban J connectivity index is 1.45. The zero-order chi connectivity index (χ0) is 23.2. The smallest absolute Gasteiger partial charge is 0.255 e. The van der Waals surface area contributed by atoms with Gasteiger partial charge in [-0.25, -0.2) is 0 Å². The number of halogens is 1. The Labute approximate surface area is 195 Å². The van der Waals surface area contributed by atoms with Crippen LogP contribution >= 0.6 is 11.6 Å². The quantitative estimate of drug-likeness (QED) is 0.424. The highest BCUT2D eigenvalue weighted by molar-refractivity contribution is 6.30. The summed E-state index contributed by atoms with van der Waals surface area (Å²) in [7, 11) is 0. The van der Waals surface area contributed by atoms with Crippen LogP contribution in [0.5, 0.6) is 0 Å². The zero-order valence-corrected chi connectivity index (χ0v) is 18.6. The fourth-order valence-electron chi connectivity index (χ4n) is 3.15. The standard InChI is InChI=1S/C24H21ClN6O2/c1-2-16-7-13-19(14-8-16)26-22(32)15-31-29-23(28-30-31)20-5-3-4-6-21(20)27-24(33)17-9-11-18(25)12-10-17/h3-14H,2,15H2,1H3,(H,26,32)(H,27,33). The van der Waals surface area contributed by atoms with E-state index < -0.39 is 0 Å². The molecule has 0 unspecified atom stereocenters. The van der Waals surface area contributed by atoms with Crippen LogP contribution in [0.1, 0.15) is 22.8 Å². The second-order valence-corrected chi connectivity index (χ2v) is 7.69. The minimum atomic E-state index is -0.292. The van der Waals surface area contributed by atoms with Gasteiger partial charge >= 0.3 is 0 Å². The Morgan fingerprint density at radius 2 is 1.67 bits per heavy atom. The van der Waals surface area contributed by atoms with Gasteiger partial charge in [-0.2, -0.15) is 4.80 Å². The monoisotopic (exact) mass is 460 g/mol. The van der Waals surface area contributed by atoms with E-state index in [1.165, 1.54) is 10.4 Å². The van der Waals surface area contributed by atoms with Crippen molar-refractivity contribution >= 4 is 34.8 Å². The lowest BCUT2D eigenvalue weighted by molar-refractivity contribution is -0.117. The Morgan fingerprint density at radius 1 is 0.939 bits per heavy atom. The number of nitrogens with zero attached hydrogens (tertiary/aromatic N) is 4. The number of rotatable bonds is 7. The molecular formula is C24H21ClN6O2. The molecular weight excluding hydrogens is 440 g/mol. The summed E-state index contributed by atoms with van der Waals surface area (Å²) in [5.74, 6) is -0.269. The number of aromatic nitrogens is 4. The van der Waals surface area contributed by atoms with E-state index >= 15 is 0 Å². The van der Waals surface area contributed by atoms with Crippen LogP contribution < -0.4 is 10.6 Å². The number of anilines is 2. The van der Waals surface area contributed by atoms with Gasteiger partial charge in [0.05, 0.1) is 5.69 Å². The van der Waals surface area contributed by atoms with Crippen LogP contribution in [0.4, 0.5) is 11.4 Å². The third-order valence-corrected chi connectivity index (χ3v) is 5.16. The molecule has 33 heavy (non-hydrogen) atoms. The number of tetrazole rings is 1. The molecule has 0 saturated carbocycles. The predicted molar refractivity (Wildman–Crippen MR) is 127 cm³/mol. The highest BCUT2D eigenvalue weighted by Gasteiger charge is 2.15. The van der Waals surface area contributed by atoms with Gasteiger partial charge in [-0.1, -0.05) is 42.8 Å². The summed E-state index contributed by atoms with van der Waals surface area (Å²) < 4.78 is 0. The van der Waals surface area contributed by atoms with Crippen LogP contribution in [0, 0.1) is 0 Å². The van der Waals surface area contributed by atoms with E-state index in [9.17, 15) is 9.59 Å². The molecule has 8 nitrogen and oxygen atoms in total. The van der Waals surface area contributed by atoms with Crippen molar-refractivity contribution in [3.63, 3.8) is 0 Å². The van der Waals surface area contributed by atoms with Crippen LogP contribution in [0.15, 0.2) is 72.8 Å². The van der Waals surface area contributed by atoms with Crippen molar-refractivity contribution in [1.29, 1.82) is 0 Å². The SMILES string of the molecule is CCc1ccc(NC(=O)Cn2nnc(-c3ccccc3NC(=O)c3ccc(Cl)cc3)n2)cc1. The number of hydrogen-bond acceptors (Lipinski definition) is 5. The number of hydrogen-bond donors (Lipinski definition) is 2. The number of amides is 2. The van der Waals surface area contributed by atoms with Crippen molar-refractivity contribution in [2.75, 3.05) is 10.6 Å². The molecule has 0 aliphatic heterocycles. The van der Waals surface area contributed by atoms with Crippen molar-refractivity contribution in [3.05, 3.63) is 88.9 Å². The van der Waals surface area contributed by atoms with Crippen LogP contribution in [0.25, 0.3) is 11.4 Å². The molecule has 3 aromatic carbocycles. The number of para-hydroxylation sites is 1. The third-order valence-electron chi connectivity index (χ3n) is 4.91. The van der Waals surface area contributed by atoms with Crippen molar-refractivity contribution < 1.29 is 9.59 Å². The number of carbonyl (C=O) groups excluding carboxylic acids is 2. The van der Waals surface area contributed by atoms with Gasteiger partial charge < -0.3 is 10.6 Å². The molecule has 1 aromatic heterocycles. The fourth-order valence-corrected chi connectivity index (χ4v) is 3.28. The van der Waals surface area contributed by atoms with Crippen LogP contribution in [-0.4, -0.2) is 32.0 Å². The maximum absolute atomic E-state index is 12.6. The first-order valence-corrected chi connectivity index (χ1v) is 10.7. The lowest BCUT2D eigenvalue weighted by atomic mass is 10.1. The van der Waals surface area contributed by atoms with E-state index in [1.54, 1.807) is 48.5 Å². The first-order chi connectivity index (χ1) is 16.0. The molecule has 0 aliphatic carbocycles. The zero-order valence-electron chi connectivity index (χ0n) is 17.8. The van der Waals surface area contributed by atoms with Gasteiger partial charge in [-0.05, 0) is 65.7 Å². The van der Waals surface area contributed by atoms with E-state index in [4.69, 9.17) is 11.6 Å². The Morgan fingerprint density at radius 3 is 2.39 bits per heavy atom. The van der Waals surface area contributed by atoms with Gasteiger partial charge in [0.25, 0.3) is 5.91 Å². The highest BCUT2D eigenvalue weighted by Crippen LogP contribution is 2.25. The van der Waals surface area contributed by atoms with E-state index in [0.717, 1.165) is 6.42 Å². The van der Waals surface area contributed by atoms with Gasteiger partial charge in [-0.3, -0.25) is 9.59 Å². The van der Waals surface area contributed by atoms with Crippen LogP contribution in [0.3, 0.4) is 0 Å². The van der Waals surface area contributed by atoms with Crippen molar-refractivity contribution in [1.82, 2.24) is 20.2 Å². The lowest BCUT2D eigenvalue weighted by Crippen LogP contribution is -2.20. The third kappa shape index (κ3) is 5.61. The maximum atomic E-state index is 12.6. The first kappa shape index (κ1) is 22.2. The molecule has 0 fully saturated rings. The Hall–Kier alpha value is -4.04. The van der Waals surface area contributed by atoms with Crippen molar-refractivity contribution in [2.45, 2.75) is 19.9 Å². The van der Waals surface area contributed by atoms with Crippen LogP contribution in [-0.2, 0) is 17.8 Å². The van der Waals surface area contributed by atoms with Crippen LogP contribution in [0.2, 0.25) is 5.02 Å². The van der Waals surface area contributed by atoms with Gasteiger partial charge in [0.1, 0.15) is 6.54 Å². The number of nitrogens with one attached hydrogen (secondary N) is 2. The van der Waals surface area contributed by atoms with E-state index in [0.29, 0.717) is 33.3 Å². The summed E-state index contributed by atoms with van der Waals surface area (Å²) >= 11 is 5.89. The molecule has 4 aromatic rings. The van der Waals surface area contributed by atoms with Gasteiger partial charge in [0.15, 0.2) is 0 Å². The molecule has 0 radical (unpaired) electrons. The molecule has 1 heterocycles. The second-order valence-electron chi connectivity index (χ2n) is 7.25. The topological polar surface area (TPSA) is 102 Å². The molecule has 166 valence electrons. The fraction of sp³-hybridized carbons (Fsp3) is 0.125. The predicted octanol–water partition coefficient (Wildman–Crippen LogP) is 4.45. The lowest BCUT2D eigenvalue weighted by Gasteiger charge is -2.09. The molecule has 2 amide bonds. The molecule has 2 N–H and O–H groups in total. The summed E-state index contributed by atoms with van der Waals surface area (Å²) in [5, 5.41) is 18.6. The van der Waals surface area contributed by atoms with Crippen molar-refractivity contribution in [3.8, 4) is 11.4 Å². The van der Waals surface area contributed by atoms with Gasteiger partial charge in [-0.15, -0.1) is 10.2 Å². The summed E-state index contributed by atoms with van der Waals surface area (Å²) in [6, 6.07) is 21.4. The average molecular weight is 461 g/mol. The Bertz CT molecular complexity index is 1270. The van der Waals surface area contributed by atoms with Crippen molar-refractivity contribution in [2.24, 2.45) is 0 Å². The number of aryl methyl sites for hydroxylation is 1. The highest BCUT2D eigenvalue weighted by atomic mass is 35.5. The molecule has 0 bridgehead atoms. The number of benzene rings is 3. The molecule has 0 atom stereocenters. The Kier molecular flexibility index (Phi) is 6.75. The minimum absolute atomic E-state index is 0.0954. The molecule has 0 aliphatic rings. The van der Waals surface area contributed by atoms with E-state index in [-0.39, 0.29) is 18.4 Å². The summed E-state index contributed by atoms with van der Waals surface area (Å²) in [6.07, 6.45) is 0.932. The second kappa shape index (κ2) is 10.1. The van der Waals surface area contributed by atoms with Gasteiger partial charge in [0.2, 0.25) is 11.7 Å². The first-order valence-electron chi connectivity index (χ1n) is 10.3. The molecule has 0 saturated heterocycles. The van der Waals surface area contributed by atoms with Gasteiger partial charge in [0, 0.05) is 21.8 Å². The van der Waals surface area contributed by atoms with E-state index in [1.807, 2.05) is 24.3 Å². The average Bonchev–Trinajstić information content (AvgIpc) is 3.28. The summed E-state index contributed by atoms with van der Waals surface area (Å²) in [4.78, 5) is 26.2. The summed E-state index contributed by atoms with van der Waals surface area (Å²) in [6.45, 7) is 1.98. The molecule has 0 spiro atoms. The minimum Gasteiger partial charge on any atom is -0.324 e. The maximum Gasteiger partial charge on any atom is 0.255 e. The van der Waals surface area contributed by atoms with E-state index in [2.05, 4.69) is 33.0 Å². The number of carbonyl (C=O) groups is 2. The normalized spacial score (nSPS) is 10.6. The molecule has 4 rings (SSSR count). The summed E-state index contributed by atoms with van der Waals surface area (Å²) in [5.41, 5.74) is 3.47. The largest absolute Gasteiger partial charge is 0.324 e. The molecule has 9 heteroatoms.